The van der Waals surface area contributed by atoms with Crippen LogP contribution in [0.5, 0.6) is 0 Å². The molecule has 156 valence electrons. The van der Waals surface area contributed by atoms with E-state index >= 15 is 0 Å². The summed E-state index contributed by atoms with van der Waals surface area (Å²) in [6.45, 7) is 5.42. The topological polar surface area (TPSA) is 32.8 Å². The van der Waals surface area contributed by atoms with Gasteiger partial charge in [-0.3, -0.25) is 9.69 Å². The highest BCUT2D eigenvalue weighted by molar-refractivity contribution is 7.98. The molecule has 1 heterocycles. The fourth-order valence-electron chi connectivity index (χ4n) is 4.04. The molecule has 2 aromatic carbocycles. The van der Waals surface area contributed by atoms with E-state index in [0.717, 1.165) is 44.0 Å². The summed E-state index contributed by atoms with van der Waals surface area (Å²) < 4.78 is 5.44. The number of anilines is 1. The molecule has 1 aliphatic heterocycles. The number of hydrogen-bond acceptors (Lipinski definition) is 5. The van der Waals surface area contributed by atoms with Crippen molar-refractivity contribution >= 4 is 23.2 Å². The molecule has 0 N–H and O–H groups in total. The lowest BCUT2D eigenvalue weighted by atomic mass is 9.80. The van der Waals surface area contributed by atoms with Gasteiger partial charge < -0.3 is 9.64 Å². The minimum Gasteiger partial charge on any atom is -0.378 e. The van der Waals surface area contributed by atoms with Crippen LogP contribution in [0.2, 0.25) is 0 Å². The minimum atomic E-state index is -0.554. The number of ketones is 1. The Balaban J connectivity index is 1.84. The van der Waals surface area contributed by atoms with Crippen LogP contribution in [0.4, 0.5) is 5.69 Å². The number of rotatable bonds is 8. The Morgan fingerprint density at radius 1 is 1.07 bits per heavy atom. The Labute approximate surface area is 179 Å². The molecule has 1 aliphatic rings. The second-order valence-electron chi connectivity index (χ2n) is 7.78. The molecule has 0 aliphatic carbocycles. The molecule has 1 atom stereocenters. The quantitative estimate of drug-likeness (QED) is 0.475. The predicted molar refractivity (Wildman–Crippen MR) is 122 cm³/mol. The van der Waals surface area contributed by atoms with Gasteiger partial charge in [-0.1, -0.05) is 19.1 Å². The fourth-order valence-corrected chi connectivity index (χ4v) is 4.45. The molecule has 1 fully saturated rings. The van der Waals surface area contributed by atoms with Crippen molar-refractivity contribution in [2.75, 3.05) is 51.6 Å². The average molecular weight is 413 g/mol. The van der Waals surface area contributed by atoms with E-state index in [1.807, 2.05) is 26.2 Å². The third-order valence-electron chi connectivity index (χ3n) is 6.02. The van der Waals surface area contributed by atoms with Crippen LogP contribution in [0.3, 0.4) is 0 Å². The van der Waals surface area contributed by atoms with Crippen molar-refractivity contribution in [3.05, 3.63) is 59.7 Å². The Morgan fingerprint density at radius 3 is 2.21 bits per heavy atom. The van der Waals surface area contributed by atoms with Crippen molar-refractivity contribution in [2.24, 2.45) is 0 Å². The molecule has 5 heteroatoms. The standard InChI is InChI=1S/C24H32N2O2S/c1-5-24(25(2)3,18-19-6-12-22(29-4)13-7-19)23(27)20-8-10-21(11-9-20)26-14-16-28-17-15-26/h6-13H,5,14-18H2,1-4H3. The van der Waals surface area contributed by atoms with Gasteiger partial charge in [0.15, 0.2) is 5.78 Å². The summed E-state index contributed by atoms with van der Waals surface area (Å²) >= 11 is 1.73. The van der Waals surface area contributed by atoms with Crippen molar-refractivity contribution < 1.29 is 9.53 Å². The van der Waals surface area contributed by atoms with Gasteiger partial charge in [-0.25, -0.2) is 0 Å². The Bertz CT molecular complexity index is 799. The van der Waals surface area contributed by atoms with E-state index in [2.05, 4.69) is 59.4 Å². The first-order chi connectivity index (χ1) is 14.0. The van der Waals surface area contributed by atoms with Crippen molar-refractivity contribution in [3.63, 3.8) is 0 Å². The first-order valence-corrected chi connectivity index (χ1v) is 11.5. The van der Waals surface area contributed by atoms with E-state index in [9.17, 15) is 4.79 Å². The molecule has 0 amide bonds. The number of thioether (sulfide) groups is 1. The third-order valence-corrected chi connectivity index (χ3v) is 6.77. The summed E-state index contributed by atoms with van der Waals surface area (Å²) in [7, 11) is 4.03. The lowest BCUT2D eigenvalue weighted by Gasteiger charge is -2.38. The SMILES string of the molecule is CCC(Cc1ccc(SC)cc1)(C(=O)c1ccc(N2CCOCC2)cc1)N(C)C. The second-order valence-corrected chi connectivity index (χ2v) is 8.66. The van der Waals surface area contributed by atoms with E-state index in [1.165, 1.54) is 10.5 Å². The lowest BCUT2D eigenvalue weighted by Crippen LogP contribution is -2.52. The number of Topliss-reactive ketones (excluding diaryl/α,β-unsaturated/α-hetero) is 1. The number of carbonyl (C=O) groups excluding carboxylic acids is 1. The van der Waals surface area contributed by atoms with Crippen molar-refractivity contribution in [3.8, 4) is 0 Å². The molecule has 1 saturated heterocycles. The highest BCUT2D eigenvalue weighted by atomic mass is 32.2. The number of morpholine rings is 1. The van der Waals surface area contributed by atoms with Crippen LogP contribution >= 0.6 is 11.8 Å². The molecule has 0 radical (unpaired) electrons. The van der Waals surface area contributed by atoms with Gasteiger partial charge in [-0.2, -0.15) is 0 Å². The van der Waals surface area contributed by atoms with Gasteiger partial charge >= 0.3 is 0 Å². The summed E-state index contributed by atoms with van der Waals surface area (Å²) in [5.41, 5.74) is 2.57. The summed E-state index contributed by atoms with van der Waals surface area (Å²) in [4.78, 5) is 19.3. The molecular formula is C24H32N2O2S. The number of benzene rings is 2. The minimum absolute atomic E-state index is 0.187. The molecule has 0 bridgehead atoms. The summed E-state index contributed by atoms with van der Waals surface area (Å²) in [5.74, 6) is 0.187. The van der Waals surface area contributed by atoms with Crippen LogP contribution in [-0.4, -0.2) is 62.9 Å². The van der Waals surface area contributed by atoms with Crippen LogP contribution < -0.4 is 4.90 Å². The highest BCUT2D eigenvalue weighted by Gasteiger charge is 2.39. The van der Waals surface area contributed by atoms with Crippen LogP contribution in [0.1, 0.15) is 29.3 Å². The monoisotopic (exact) mass is 412 g/mol. The molecular weight excluding hydrogens is 380 g/mol. The van der Waals surface area contributed by atoms with Gasteiger partial charge in [-0.15, -0.1) is 11.8 Å². The Hall–Kier alpha value is -1.82. The van der Waals surface area contributed by atoms with Gasteiger partial charge in [0.1, 0.15) is 0 Å². The van der Waals surface area contributed by atoms with E-state index in [0.29, 0.717) is 6.42 Å². The first-order valence-electron chi connectivity index (χ1n) is 10.3. The van der Waals surface area contributed by atoms with E-state index in [-0.39, 0.29) is 5.78 Å². The largest absolute Gasteiger partial charge is 0.378 e. The van der Waals surface area contributed by atoms with E-state index in [1.54, 1.807) is 11.8 Å². The molecule has 0 saturated carbocycles. The molecule has 2 aromatic rings. The van der Waals surface area contributed by atoms with Gasteiger partial charge in [0.2, 0.25) is 0 Å². The fraction of sp³-hybridized carbons (Fsp3) is 0.458. The van der Waals surface area contributed by atoms with Crippen LogP contribution in [0, 0.1) is 0 Å². The third kappa shape index (κ3) is 4.85. The summed E-state index contributed by atoms with van der Waals surface area (Å²) in [6, 6.07) is 16.7. The summed E-state index contributed by atoms with van der Waals surface area (Å²) in [6.07, 6.45) is 3.54. The summed E-state index contributed by atoms with van der Waals surface area (Å²) in [5, 5.41) is 0. The predicted octanol–water partition coefficient (Wildman–Crippen LogP) is 4.38. The van der Waals surface area contributed by atoms with Crippen LogP contribution in [0.15, 0.2) is 53.4 Å². The Morgan fingerprint density at radius 2 is 1.69 bits per heavy atom. The normalized spacial score (nSPS) is 16.7. The van der Waals surface area contributed by atoms with Crippen LogP contribution in [0.25, 0.3) is 0 Å². The first kappa shape index (κ1) is 21.9. The van der Waals surface area contributed by atoms with Gasteiger partial charge in [0, 0.05) is 29.2 Å². The zero-order valence-corrected chi connectivity index (χ0v) is 18.8. The smallest absolute Gasteiger partial charge is 0.183 e. The zero-order chi connectivity index (χ0) is 20.9. The van der Waals surface area contributed by atoms with Crippen LogP contribution in [-0.2, 0) is 11.2 Å². The van der Waals surface area contributed by atoms with Gasteiger partial charge in [0.25, 0.3) is 0 Å². The second kappa shape index (κ2) is 9.79. The Kier molecular flexibility index (Phi) is 7.38. The maximum absolute atomic E-state index is 13.7. The maximum Gasteiger partial charge on any atom is 0.183 e. The zero-order valence-electron chi connectivity index (χ0n) is 18.0. The van der Waals surface area contributed by atoms with Crippen molar-refractivity contribution in [2.45, 2.75) is 30.2 Å². The lowest BCUT2D eigenvalue weighted by molar-refractivity contribution is 0.0666. The van der Waals surface area contributed by atoms with E-state index < -0.39 is 5.54 Å². The number of likely N-dealkylation sites (N-methyl/N-ethyl adjacent to an activating group) is 1. The van der Waals surface area contributed by atoms with Crippen molar-refractivity contribution in [1.82, 2.24) is 4.90 Å². The highest BCUT2D eigenvalue weighted by Crippen LogP contribution is 2.29. The molecule has 1 unspecified atom stereocenters. The van der Waals surface area contributed by atoms with Gasteiger partial charge in [-0.05, 0) is 75.2 Å². The molecule has 0 spiro atoms. The molecule has 4 nitrogen and oxygen atoms in total. The molecule has 29 heavy (non-hydrogen) atoms. The van der Waals surface area contributed by atoms with Gasteiger partial charge in [0.05, 0.1) is 18.8 Å². The molecule has 0 aromatic heterocycles. The molecule has 3 rings (SSSR count). The van der Waals surface area contributed by atoms with E-state index in [4.69, 9.17) is 4.74 Å². The van der Waals surface area contributed by atoms with Crippen molar-refractivity contribution in [1.29, 1.82) is 0 Å². The number of hydrogen-bond donors (Lipinski definition) is 0. The number of nitrogens with zero attached hydrogens (tertiary/aromatic N) is 2. The average Bonchev–Trinajstić information content (AvgIpc) is 2.78. The number of ether oxygens (including phenoxy) is 1. The maximum atomic E-state index is 13.7. The number of carbonyl (C=O) groups is 1.